The van der Waals surface area contributed by atoms with Crippen LogP contribution in [-0.2, 0) is 0 Å². The lowest BCUT2D eigenvalue weighted by atomic mass is 9.64. The molecule has 1 aliphatic rings. The van der Waals surface area contributed by atoms with E-state index in [0.29, 0.717) is 6.42 Å². The van der Waals surface area contributed by atoms with E-state index < -0.39 is 28.2 Å². The number of nitro groups is 1. The molecule has 1 aromatic carbocycles. The Morgan fingerprint density at radius 3 is 2.70 bits per heavy atom. The monoisotopic (exact) mass is 282 g/mol. The number of benzene rings is 1. The summed E-state index contributed by atoms with van der Waals surface area (Å²) in [7, 11) is 0. The number of aliphatic hydroxyl groups excluding tert-OH is 1. The topological polar surface area (TPSA) is 92.5 Å². The fraction of sp³-hybridized carbons (Fsp3) is 0.462. The second-order valence-electron chi connectivity index (χ2n) is 5.52. The summed E-state index contributed by atoms with van der Waals surface area (Å²) in [5.41, 5.74) is -1.20. The van der Waals surface area contributed by atoms with Crippen LogP contribution in [0.25, 0.3) is 0 Å². The Balaban J connectivity index is 2.18. The molecule has 0 radical (unpaired) electrons. The molecule has 2 atom stereocenters. The molecule has 2 rings (SSSR count). The third-order valence-electron chi connectivity index (χ3n) is 3.93. The van der Waals surface area contributed by atoms with Crippen LogP contribution < -0.4 is 5.32 Å². The van der Waals surface area contributed by atoms with Crippen molar-refractivity contribution in [1.29, 1.82) is 0 Å². The highest BCUT2D eigenvalue weighted by molar-refractivity contribution is 5.95. The SMILES string of the molecule is CC1(C)C(O)CC1NC(=O)c1cc([N+](=O)[O-])ccc1F. The Bertz CT molecular complexity index is 573. The van der Waals surface area contributed by atoms with Gasteiger partial charge in [-0.05, 0) is 12.5 Å². The van der Waals surface area contributed by atoms with E-state index in [0.717, 1.165) is 18.2 Å². The van der Waals surface area contributed by atoms with Crippen LogP contribution in [0.4, 0.5) is 10.1 Å². The Morgan fingerprint density at radius 1 is 1.55 bits per heavy atom. The van der Waals surface area contributed by atoms with Crippen LogP contribution in [0.3, 0.4) is 0 Å². The van der Waals surface area contributed by atoms with Crippen LogP contribution in [0.5, 0.6) is 0 Å². The first-order valence-electron chi connectivity index (χ1n) is 6.16. The molecule has 1 aliphatic carbocycles. The van der Waals surface area contributed by atoms with Crippen molar-refractivity contribution >= 4 is 11.6 Å². The maximum absolute atomic E-state index is 13.6. The van der Waals surface area contributed by atoms with E-state index in [4.69, 9.17) is 0 Å². The standard InChI is InChI=1S/C13H15FN2O4/c1-13(2)10(6-11(13)17)15-12(18)8-5-7(16(19)20)3-4-9(8)14/h3-5,10-11,17H,6H2,1-2H3,(H,15,18). The Kier molecular flexibility index (Phi) is 3.47. The average molecular weight is 282 g/mol. The van der Waals surface area contributed by atoms with Crippen molar-refractivity contribution in [3.8, 4) is 0 Å². The van der Waals surface area contributed by atoms with Crippen molar-refractivity contribution in [2.45, 2.75) is 32.4 Å². The number of nitrogens with zero attached hydrogens (tertiary/aromatic N) is 1. The van der Waals surface area contributed by atoms with Gasteiger partial charge in [-0.3, -0.25) is 14.9 Å². The summed E-state index contributed by atoms with van der Waals surface area (Å²) in [6.45, 7) is 3.58. The number of nitro benzene ring substituents is 1. The summed E-state index contributed by atoms with van der Waals surface area (Å²) in [6.07, 6.45) is -0.141. The van der Waals surface area contributed by atoms with Gasteiger partial charge in [0.25, 0.3) is 11.6 Å². The van der Waals surface area contributed by atoms with Crippen molar-refractivity contribution in [3.63, 3.8) is 0 Å². The van der Waals surface area contributed by atoms with Crippen LogP contribution >= 0.6 is 0 Å². The summed E-state index contributed by atoms with van der Waals surface area (Å²) in [6, 6.07) is 2.52. The molecule has 0 aliphatic heterocycles. The summed E-state index contributed by atoms with van der Waals surface area (Å²) in [5.74, 6) is -1.53. The predicted molar refractivity (Wildman–Crippen MR) is 68.7 cm³/mol. The van der Waals surface area contributed by atoms with E-state index in [1.165, 1.54) is 0 Å². The lowest BCUT2D eigenvalue weighted by Gasteiger charge is -2.49. The second-order valence-corrected chi connectivity index (χ2v) is 5.52. The maximum atomic E-state index is 13.6. The molecule has 1 amide bonds. The van der Waals surface area contributed by atoms with Crippen LogP contribution in [0.15, 0.2) is 18.2 Å². The summed E-state index contributed by atoms with van der Waals surface area (Å²) < 4.78 is 13.6. The number of nitrogens with one attached hydrogen (secondary N) is 1. The van der Waals surface area contributed by atoms with Gasteiger partial charge < -0.3 is 10.4 Å². The van der Waals surface area contributed by atoms with Gasteiger partial charge >= 0.3 is 0 Å². The van der Waals surface area contributed by atoms with Crippen LogP contribution in [0.1, 0.15) is 30.6 Å². The van der Waals surface area contributed by atoms with E-state index in [-0.39, 0.29) is 17.3 Å². The number of halogens is 1. The van der Waals surface area contributed by atoms with Gasteiger partial charge in [0.2, 0.25) is 0 Å². The number of rotatable bonds is 3. The van der Waals surface area contributed by atoms with E-state index in [2.05, 4.69) is 5.32 Å². The first-order valence-corrected chi connectivity index (χ1v) is 6.16. The molecule has 2 N–H and O–H groups in total. The molecule has 2 unspecified atom stereocenters. The summed E-state index contributed by atoms with van der Waals surface area (Å²) in [4.78, 5) is 21.9. The molecule has 1 saturated carbocycles. The number of carbonyl (C=O) groups is 1. The van der Waals surface area contributed by atoms with Gasteiger partial charge in [0.05, 0.1) is 16.6 Å². The predicted octanol–water partition coefficient (Wildman–Crippen LogP) is 1.62. The smallest absolute Gasteiger partial charge is 0.270 e. The highest BCUT2D eigenvalue weighted by atomic mass is 19.1. The zero-order chi connectivity index (χ0) is 15.1. The normalized spacial score (nSPS) is 23.8. The minimum absolute atomic E-state index is 0.288. The van der Waals surface area contributed by atoms with Gasteiger partial charge in [-0.1, -0.05) is 13.8 Å². The number of non-ortho nitro benzene ring substituents is 1. The number of hydrogen-bond acceptors (Lipinski definition) is 4. The molecule has 0 saturated heterocycles. The molecule has 1 aromatic rings. The third kappa shape index (κ3) is 2.36. The molecule has 0 heterocycles. The quantitative estimate of drug-likeness (QED) is 0.651. The van der Waals surface area contributed by atoms with Gasteiger partial charge in [-0.25, -0.2) is 4.39 Å². The number of aliphatic hydroxyl groups is 1. The Labute approximate surface area is 114 Å². The summed E-state index contributed by atoms with van der Waals surface area (Å²) in [5, 5.41) is 22.8. The maximum Gasteiger partial charge on any atom is 0.270 e. The van der Waals surface area contributed by atoms with Gasteiger partial charge in [-0.2, -0.15) is 0 Å². The zero-order valence-corrected chi connectivity index (χ0v) is 11.1. The minimum atomic E-state index is -0.814. The van der Waals surface area contributed by atoms with Crippen molar-refractivity contribution in [3.05, 3.63) is 39.7 Å². The number of hydrogen-bond donors (Lipinski definition) is 2. The van der Waals surface area contributed by atoms with E-state index in [1.54, 1.807) is 13.8 Å². The minimum Gasteiger partial charge on any atom is -0.392 e. The molecular weight excluding hydrogens is 267 g/mol. The highest BCUT2D eigenvalue weighted by Gasteiger charge is 2.48. The Morgan fingerprint density at radius 2 is 2.20 bits per heavy atom. The summed E-state index contributed by atoms with van der Waals surface area (Å²) >= 11 is 0. The van der Waals surface area contributed by atoms with Crippen LogP contribution in [-0.4, -0.2) is 28.1 Å². The first kappa shape index (κ1) is 14.4. The van der Waals surface area contributed by atoms with E-state index in [1.807, 2.05) is 0 Å². The van der Waals surface area contributed by atoms with Gasteiger partial charge in [0.15, 0.2) is 0 Å². The lowest BCUT2D eigenvalue weighted by molar-refractivity contribution is -0.384. The second kappa shape index (κ2) is 4.82. The average Bonchev–Trinajstić information content (AvgIpc) is 2.38. The third-order valence-corrected chi connectivity index (χ3v) is 3.93. The zero-order valence-electron chi connectivity index (χ0n) is 11.1. The van der Waals surface area contributed by atoms with E-state index in [9.17, 15) is 24.4 Å². The fourth-order valence-corrected chi connectivity index (χ4v) is 2.18. The first-order chi connectivity index (χ1) is 9.23. The molecule has 0 aromatic heterocycles. The largest absolute Gasteiger partial charge is 0.392 e. The van der Waals surface area contributed by atoms with Crippen LogP contribution in [0.2, 0.25) is 0 Å². The molecule has 0 spiro atoms. The van der Waals surface area contributed by atoms with Crippen molar-refractivity contribution < 1.29 is 19.2 Å². The molecule has 108 valence electrons. The number of amides is 1. The van der Waals surface area contributed by atoms with Crippen molar-refractivity contribution in [2.24, 2.45) is 5.41 Å². The molecule has 6 nitrogen and oxygen atoms in total. The molecule has 7 heteroatoms. The molecule has 20 heavy (non-hydrogen) atoms. The highest BCUT2D eigenvalue weighted by Crippen LogP contribution is 2.40. The van der Waals surface area contributed by atoms with Crippen LogP contribution in [0, 0.1) is 21.3 Å². The molecule has 1 fully saturated rings. The number of carbonyl (C=O) groups excluding carboxylic acids is 1. The lowest BCUT2D eigenvalue weighted by Crippen LogP contribution is -2.61. The fourth-order valence-electron chi connectivity index (χ4n) is 2.18. The Hall–Kier alpha value is -2.02. The molecule has 0 bridgehead atoms. The van der Waals surface area contributed by atoms with Gasteiger partial charge in [-0.15, -0.1) is 0 Å². The van der Waals surface area contributed by atoms with E-state index >= 15 is 0 Å². The van der Waals surface area contributed by atoms with Gasteiger partial charge in [0, 0.05) is 23.6 Å². The van der Waals surface area contributed by atoms with Gasteiger partial charge in [0.1, 0.15) is 5.82 Å². The van der Waals surface area contributed by atoms with Crippen molar-refractivity contribution in [1.82, 2.24) is 5.32 Å². The molecular formula is C13H15FN2O4. The van der Waals surface area contributed by atoms with Crippen molar-refractivity contribution in [2.75, 3.05) is 0 Å².